The van der Waals surface area contributed by atoms with Crippen molar-refractivity contribution < 1.29 is 19.1 Å². The van der Waals surface area contributed by atoms with Crippen LogP contribution < -0.4 is 15.8 Å². The molecule has 1 aliphatic heterocycles. The summed E-state index contributed by atoms with van der Waals surface area (Å²) in [6.45, 7) is 0.343. The number of nitrogen functional groups attached to an aromatic ring is 1. The highest BCUT2D eigenvalue weighted by Crippen LogP contribution is 2.24. The van der Waals surface area contributed by atoms with Crippen LogP contribution in [0.5, 0.6) is 5.75 Å². The number of hydrogen-bond acceptors (Lipinski definition) is 5. The number of nitrogens with one attached hydrogen (secondary N) is 2. The van der Waals surface area contributed by atoms with E-state index in [1.807, 2.05) is 48.5 Å². The first-order valence-electron chi connectivity index (χ1n) is 9.01. The second-order valence-corrected chi connectivity index (χ2v) is 6.74. The Balaban J connectivity index is 0.00000300. The Kier molecular flexibility index (Phi) is 7.61. The molecule has 0 aliphatic carbocycles. The van der Waals surface area contributed by atoms with Crippen LogP contribution in [-0.2, 0) is 14.3 Å². The van der Waals surface area contributed by atoms with Crippen molar-refractivity contribution in [2.24, 2.45) is 11.7 Å². The molecular formula is C21H24ClN3O4. The Labute approximate surface area is 175 Å². The lowest BCUT2D eigenvalue weighted by molar-refractivity contribution is -0.143. The summed E-state index contributed by atoms with van der Waals surface area (Å²) in [5.74, 6) is -0.128. The minimum absolute atomic E-state index is 0. The third-order valence-corrected chi connectivity index (χ3v) is 4.76. The van der Waals surface area contributed by atoms with Crippen molar-refractivity contribution in [2.75, 3.05) is 13.7 Å². The van der Waals surface area contributed by atoms with Crippen LogP contribution in [0.15, 0.2) is 48.5 Å². The maximum absolute atomic E-state index is 11.9. The lowest BCUT2D eigenvalue weighted by atomic mass is 10.0. The smallest absolute Gasteiger partial charge is 0.306 e. The number of halogens is 1. The van der Waals surface area contributed by atoms with Crippen LogP contribution in [0.4, 0.5) is 0 Å². The second kappa shape index (κ2) is 9.93. The van der Waals surface area contributed by atoms with Gasteiger partial charge in [-0.15, -0.1) is 12.4 Å². The van der Waals surface area contributed by atoms with Crippen molar-refractivity contribution >= 4 is 30.1 Å². The van der Waals surface area contributed by atoms with Crippen molar-refractivity contribution in [2.45, 2.75) is 18.9 Å². The summed E-state index contributed by atoms with van der Waals surface area (Å²) < 4.78 is 10.4. The first-order valence-corrected chi connectivity index (χ1v) is 9.01. The second-order valence-electron chi connectivity index (χ2n) is 6.74. The minimum Gasteiger partial charge on any atom is -0.491 e. The number of hydrogen-bond donors (Lipinski definition) is 3. The lowest BCUT2D eigenvalue weighted by Gasteiger charge is -2.12. The molecule has 0 saturated carbocycles. The van der Waals surface area contributed by atoms with Crippen molar-refractivity contribution in [1.29, 1.82) is 5.41 Å². The van der Waals surface area contributed by atoms with E-state index in [9.17, 15) is 9.59 Å². The van der Waals surface area contributed by atoms with Crippen LogP contribution in [0.3, 0.4) is 0 Å². The van der Waals surface area contributed by atoms with Gasteiger partial charge < -0.3 is 20.5 Å². The predicted octanol–water partition coefficient (Wildman–Crippen LogP) is 2.51. The molecule has 154 valence electrons. The van der Waals surface area contributed by atoms with Gasteiger partial charge in [0.2, 0.25) is 5.91 Å². The number of nitrogens with two attached hydrogens (primary N) is 1. The van der Waals surface area contributed by atoms with Crippen molar-refractivity contribution in [1.82, 2.24) is 5.32 Å². The van der Waals surface area contributed by atoms with Gasteiger partial charge >= 0.3 is 5.97 Å². The summed E-state index contributed by atoms with van der Waals surface area (Å²) in [4.78, 5) is 23.3. The van der Waals surface area contributed by atoms with E-state index in [1.54, 1.807) is 0 Å². The Morgan fingerprint density at radius 2 is 1.72 bits per heavy atom. The molecule has 0 aromatic heterocycles. The molecule has 2 atom stereocenters. The monoisotopic (exact) mass is 417 g/mol. The van der Waals surface area contributed by atoms with Gasteiger partial charge in [0.1, 0.15) is 18.2 Å². The number of benzene rings is 2. The third-order valence-electron chi connectivity index (χ3n) is 4.76. The van der Waals surface area contributed by atoms with E-state index in [1.165, 1.54) is 7.11 Å². The number of ether oxygens (including phenoxy) is 2. The summed E-state index contributed by atoms with van der Waals surface area (Å²) in [6.07, 6.45) is 0.643. The van der Waals surface area contributed by atoms with E-state index in [4.69, 9.17) is 15.9 Å². The fourth-order valence-corrected chi connectivity index (χ4v) is 3.18. The number of amides is 1. The SMILES string of the molecule is COC(=O)C[C@H]1C[C@H](COc2ccc(-c3ccc(C(=N)N)cc3)cc2)NC1=O.Cl. The van der Waals surface area contributed by atoms with Crippen LogP contribution in [0.1, 0.15) is 18.4 Å². The first-order chi connectivity index (χ1) is 13.5. The van der Waals surface area contributed by atoms with E-state index in [0.29, 0.717) is 24.3 Å². The van der Waals surface area contributed by atoms with Crippen molar-refractivity contribution in [3.8, 4) is 16.9 Å². The molecule has 1 aliphatic rings. The average molecular weight is 418 g/mol. The molecule has 0 bridgehead atoms. The van der Waals surface area contributed by atoms with E-state index in [0.717, 1.165) is 11.1 Å². The molecule has 8 heteroatoms. The fourth-order valence-electron chi connectivity index (χ4n) is 3.18. The van der Waals surface area contributed by atoms with Gasteiger partial charge in [0.25, 0.3) is 0 Å². The lowest BCUT2D eigenvalue weighted by Crippen LogP contribution is -2.31. The molecular weight excluding hydrogens is 394 g/mol. The number of methoxy groups -OCH3 is 1. The first kappa shape index (κ1) is 22.2. The summed E-state index contributed by atoms with van der Waals surface area (Å²) in [5.41, 5.74) is 8.20. The molecule has 2 aromatic rings. The van der Waals surface area contributed by atoms with Gasteiger partial charge in [-0.1, -0.05) is 36.4 Å². The number of esters is 1. The number of carbonyl (C=O) groups is 2. The highest BCUT2D eigenvalue weighted by atomic mass is 35.5. The van der Waals surface area contributed by atoms with Gasteiger partial charge in [0.05, 0.1) is 25.5 Å². The molecule has 0 spiro atoms. The maximum atomic E-state index is 11.9. The minimum atomic E-state index is -0.381. The predicted molar refractivity (Wildman–Crippen MR) is 112 cm³/mol. The highest BCUT2D eigenvalue weighted by molar-refractivity contribution is 5.95. The molecule has 3 rings (SSSR count). The largest absolute Gasteiger partial charge is 0.491 e. The molecule has 1 amide bonds. The van der Waals surface area contributed by atoms with Gasteiger partial charge in [-0.05, 0) is 29.7 Å². The standard InChI is InChI=1S/C21H23N3O4.ClH/c1-27-19(25)11-16-10-17(24-21(16)26)12-28-18-8-6-14(7-9-18)13-2-4-15(5-3-13)20(22)23;/h2-9,16-17H,10-12H2,1H3,(H3,22,23)(H,24,26);1H/t16-,17-;/m1./s1. The molecule has 4 N–H and O–H groups in total. The van der Waals surface area contributed by atoms with E-state index >= 15 is 0 Å². The zero-order chi connectivity index (χ0) is 20.1. The van der Waals surface area contributed by atoms with Crippen molar-refractivity contribution in [3.63, 3.8) is 0 Å². The maximum Gasteiger partial charge on any atom is 0.306 e. The molecule has 0 unspecified atom stereocenters. The molecule has 2 aromatic carbocycles. The summed E-state index contributed by atoms with van der Waals surface area (Å²) in [7, 11) is 1.32. The highest BCUT2D eigenvalue weighted by Gasteiger charge is 2.34. The Bertz CT molecular complexity index is 868. The quantitative estimate of drug-likeness (QED) is 0.364. The molecule has 1 heterocycles. The molecule has 7 nitrogen and oxygen atoms in total. The summed E-state index contributed by atoms with van der Waals surface area (Å²) in [5, 5.41) is 10.3. The fraction of sp³-hybridized carbons (Fsp3) is 0.286. The van der Waals surface area contributed by atoms with Crippen LogP contribution in [0.25, 0.3) is 11.1 Å². The summed E-state index contributed by atoms with van der Waals surface area (Å²) >= 11 is 0. The molecule has 1 fully saturated rings. The average Bonchev–Trinajstić information content (AvgIpc) is 3.06. The van der Waals surface area contributed by atoms with Crippen LogP contribution in [-0.4, -0.2) is 37.5 Å². The van der Waals surface area contributed by atoms with Crippen LogP contribution >= 0.6 is 12.4 Å². The van der Waals surface area contributed by atoms with Gasteiger partial charge in [0, 0.05) is 5.56 Å². The van der Waals surface area contributed by atoms with E-state index < -0.39 is 0 Å². The molecule has 1 saturated heterocycles. The Morgan fingerprint density at radius 3 is 2.28 bits per heavy atom. The Morgan fingerprint density at radius 1 is 1.14 bits per heavy atom. The number of carbonyl (C=O) groups excluding carboxylic acids is 2. The van der Waals surface area contributed by atoms with Crippen LogP contribution in [0, 0.1) is 11.3 Å². The zero-order valence-corrected chi connectivity index (χ0v) is 16.8. The van der Waals surface area contributed by atoms with E-state index in [2.05, 4.69) is 10.1 Å². The zero-order valence-electron chi connectivity index (χ0n) is 16.0. The Hall–Kier alpha value is -3.06. The molecule has 0 radical (unpaired) electrons. The third kappa shape index (κ3) is 5.71. The van der Waals surface area contributed by atoms with E-state index in [-0.39, 0.29) is 48.5 Å². The van der Waals surface area contributed by atoms with Crippen molar-refractivity contribution in [3.05, 3.63) is 54.1 Å². The number of amidine groups is 1. The topological polar surface area (TPSA) is 114 Å². The summed E-state index contributed by atoms with van der Waals surface area (Å²) in [6, 6.07) is 15.0. The normalized spacial score (nSPS) is 17.8. The molecule has 29 heavy (non-hydrogen) atoms. The van der Waals surface area contributed by atoms with Crippen LogP contribution in [0.2, 0.25) is 0 Å². The van der Waals surface area contributed by atoms with Gasteiger partial charge in [-0.25, -0.2) is 0 Å². The van der Waals surface area contributed by atoms with Gasteiger partial charge in [-0.3, -0.25) is 15.0 Å². The van der Waals surface area contributed by atoms with Gasteiger partial charge in [-0.2, -0.15) is 0 Å². The van der Waals surface area contributed by atoms with Gasteiger partial charge in [0.15, 0.2) is 0 Å². The number of rotatable bonds is 7.